The Morgan fingerprint density at radius 3 is 2.41 bits per heavy atom. The Morgan fingerprint density at radius 2 is 1.78 bits per heavy atom. The molecule has 1 aliphatic heterocycles. The lowest BCUT2D eigenvalue weighted by atomic mass is 10.1. The van der Waals surface area contributed by atoms with Crippen LogP contribution in [0.2, 0.25) is 10.0 Å². The molecule has 0 bridgehead atoms. The molecule has 0 saturated carbocycles. The number of nitrogens with zero attached hydrogens (tertiary/aromatic N) is 2. The van der Waals surface area contributed by atoms with Crippen molar-refractivity contribution in [2.24, 2.45) is 5.92 Å². The molecule has 12 heteroatoms. The van der Waals surface area contributed by atoms with E-state index in [1.54, 1.807) is 31.2 Å². The standard InChI is InChI=1S/C25H31Cl2N3O6S/c1-5-21(25(32)28-12-16(2)3)29(13-17-6-7-18(26)10-20(17)27)24(31)14-30(37(4,33)34)19-8-9-22-23(11-19)36-15-35-22/h6-11,16,21H,5,12-15H2,1-4H3,(H,28,32). The summed E-state index contributed by atoms with van der Waals surface area (Å²) in [6.45, 7) is 5.63. The zero-order valence-corrected chi connectivity index (χ0v) is 23.5. The van der Waals surface area contributed by atoms with Crippen LogP contribution in [0.1, 0.15) is 32.8 Å². The monoisotopic (exact) mass is 571 g/mol. The minimum Gasteiger partial charge on any atom is -0.454 e. The van der Waals surface area contributed by atoms with Crippen molar-refractivity contribution < 1.29 is 27.5 Å². The molecule has 0 spiro atoms. The second-order valence-electron chi connectivity index (χ2n) is 9.13. The van der Waals surface area contributed by atoms with Gasteiger partial charge < -0.3 is 19.7 Å². The number of carbonyl (C=O) groups excluding carboxylic acids is 2. The fourth-order valence-electron chi connectivity index (χ4n) is 3.83. The Kier molecular flexibility index (Phi) is 9.55. The highest BCUT2D eigenvalue weighted by Crippen LogP contribution is 2.36. The van der Waals surface area contributed by atoms with Crippen molar-refractivity contribution in [1.82, 2.24) is 10.2 Å². The number of amides is 2. The number of halogens is 2. The maximum Gasteiger partial charge on any atom is 0.244 e. The van der Waals surface area contributed by atoms with Crippen LogP contribution in [0, 0.1) is 5.92 Å². The van der Waals surface area contributed by atoms with Gasteiger partial charge in [-0.1, -0.05) is 50.0 Å². The zero-order valence-electron chi connectivity index (χ0n) is 21.2. The first-order valence-electron chi connectivity index (χ1n) is 11.8. The third-order valence-electron chi connectivity index (χ3n) is 5.75. The van der Waals surface area contributed by atoms with Crippen molar-refractivity contribution in [3.8, 4) is 11.5 Å². The van der Waals surface area contributed by atoms with Crippen molar-refractivity contribution in [2.45, 2.75) is 39.8 Å². The second-order valence-corrected chi connectivity index (χ2v) is 11.9. The highest BCUT2D eigenvalue weighted by molar-refractivity contribution is 7.92. The van der Waals surface area contributed by atoms with Gasteiger partial charge in [-0.15, -0.1) is 0 Å². The topological polar surface area (TPSA) is 105 Å². The van der Waals surface area contributed by atoms with E-state index in [0.29, 0.717) is 40.1 Å². The Balaban J connectivity index is 1.96. The molecule has 37 heavy (non-hydrogen) atoms. The summed E-state index contributed by atoms with van der Waals surface area (Å²) in [5.74, 6) is 0.172. The molecule has 1 atom stereocenters. The van der Waals surface area contributed by atoms with E-state index in [-0.39, 0.29) is 30.9 Å². The lowest BCUT2D eigenvalue weighted by molar-refractivity contribution is -0.140. The molecule has 1 unspecified atom stereocenters. The summed E-state index contributed by atoms with van der Waals surface area (Å²) < 4.78 is 37.2. The molecular formula is C25H31Cl2N3O6S. The molecule has 0 saturated heterocycles. The maximum absolute atomic E-state index is 13.7. The van der Waals surface area contributed by atoms with Crippen LogP contribution in [-0.2, 0) is 26.2 Å². The number of nitrogens with one attached hydrogen (secondary N) is 1. The van der Waals surface area contributed by atoms with Gasteiger partial charge in [0.1, 0.15) is 12.6 Å². The summed E-state index contributed by atoms with van der Waals surface area (Å²) in [5.41, 5.74) is 0.811. The van der Waals surface area contributed by atoms with Crippen molar-refractivity contribution in [3.05, 3.63) is 52.0 Å². The normalized spacial score (nSPS) is 13.4. The smallest absolute Gasteiger partial charge is 0.244 e. The molecule has 9 nitrogen and oxygen atoms in total. The van der Waals surface area contributed by atoms with Crippen molar-refractivity contribution in [2.75, 3.05) is 30.4 Å². The number of anilines is 1. The van der Waals surface area contributed by atoms with Crippen molar-refractivity contribution in [1.29, 1.82) is 0 Å². The minimum atomic E-state index is -3.88. The highest BCUT2D eigenvalue weighted by atomic mass is 35.5. The van der Waals surface area contributed by atoms with Crippen molar-refractivity contribution in [3.63, 3.8) is 0 Å². The largest absolute Gasteiger partial charge is 0.454 e. The third-order valence-corrected chi connectivity index (χ3v) is 7.48. The van der Waals surface area contributed by atoms with Gasteiger partial charge in [-0.25, -0.2) is 8.42 Å². The molecular weight excluding hydrogens is 541 g/mol. The average molecular weight is 573 g/mol. The summed E-state index contributed by atoms with van der Waals surface area (Å²) in [7, 11) is -3.88. The fourth-order valence-corrected chi connectivity index (χ4v) is 5.14. The van der Waals surface area contributed by atoms with Crippen LogP contribution in [0.5, 0.6) is 11.5 Å². The van der Waals surface area contributed by atoms with Crippen LogP contribution in [0.25, 0.3) is 0 Å². The van der Waals surface area contributed by atoms with Gasteiger partial charge in [0.25, 0.3) is 0 Å². The molecule has 0 aliphatic carbocycles. The summed E-state index contributed by atoms with van der Waals surface area (Å²) in [6, 6.07) is 8.64. The van der Waals surface area contributed by atoms with Gasteiger partial charge >= 0.3 is 0 Å². The summed E-state index contributed by atoms with van der Waals surface area (Å²) in [5, 5.41) is 3.63. The molecule has 1 aliphatic rings. The lowest BCUT2D eigenvalue weighted by Gasteiger charge is -2.33. The molecule has 202 valence electrons. The Morgan fingerprint density at radius 1 is 1.08 bits per heavy atom. The number of sulfonamides is 1. The van der Waals surface area contributed by atoms with E-state index in [4.69, 9.17) is 32.7 Å². The number of hydrogen-bond donors (Lipinski definition) is 1. The molecule has 0 aromatic heterocycles. The van der Waals surface area contributed by atoms with E-state index in [2.05, 4.69) is 5.32 Å². The van der Waals surface area contributed by atoms with Gasteiger partial charge in [0, 0.05) is 29.2 Å². The van der Waals surface area contributed by atoms with Gasteiger partial charge in [0.05, 0.1) is 11.9 Å². The molecule has 1 N–H and O–H groups in total. The quantitative estimate of drug-likeness (QED) is 0.436. The number of carbonyl (C=O) groups is 2. The SMILES string of the molecule is CCC(C(=O)NCC(C)C)N(Cc1ccc(Cl)cc1Cl)C(=O)CN(c1ccc2c(c1)OCO2)S(C)(=O)=O. The maximum atomic E-state index is 13.7. The van der Waals surface area contributed by atoms with Gasteiger partial charge in [0.2, 0.25) is 28.6 Å². The molecule has 2 aromatic carbocycles. The summed E-state index contributed by atoms with van der Waals surface area (Å²) in [6.07, 6.45) is 1.32. The van der Waals surface area contributed by atoms with Crippen molar-refractivity contribution >= 4 is 50.7 Å². The summed E-state index contributed by atoms with van der Waals surface area (Å²) in [4.78, 5) is 28.2. The van der Waals surface area contributed by atoms with Crippen LogP contribution < -0.4 is 19.1 Å². The molecule has 1 heterocycles. The van der Waals surface area contributed by atoms with Crippen LogP contribution in [0.15, 0.2) is 36.4 Å². The van der Waals surface area contributed by atoms with Crippen LogP contribution in [0.3, 0.4) is 0 Å². The number of fused-ring (bicyclic) bond motifs is 1. The van der Waals surface area contributed by atoms with Gasteiger partial charge in [-0.3, -0.25) is 13.9 Å². The lowest BCUT2D eigenvalue weighted by Crippen LogP contribution is -2.52. The Bertz CT molecular complexity index is 1250. The van der Waals surface area contributed by atoms with Gasteiger partial charge in [-0.05, 0) is 42.2 Å². The Labute approximate surface area is 227 Å². The average Bonchev–Trinajstić information content (AvgIpc) is 3.29. The van der Waals surface area contributed by atoms with E-state index in [9.17, 15) is 18.0 Å². The minimum absolute atomic E-state index is 0.0127. The second kappa shape index (κ2) is 12.2. The van der Waals surface area contributed by atoms with E-state index < -0.39 is 28.5 Å². The number of benzene rings is 2. The first-order chi connectivity index (χ1) is 17.4. The molecule has 0 fully saturated rings. The predicted octanol–water partition coefficient (Wildman–Crippen LogP) is 4.07. The zero-order chi connectivity index (χ0) is 27.3. The van der Waals surface area contributed by atoms with E-state index in [0.717, 1.165) is 10.6 Å². The first kappa shape index (κ1) is 28.9. The molecule has 2 aromatic rings. The Hall–Kier alpha value is -2.69. The molecule has 2 amide bonds. The number of ether oxygens (including phenoxy) is 2. The molecule has 0 radical (unpaired) electrons. The van der Waals surface area contributed by atoms with Crippen LogP contribution >= 0.6 is 23.2 Å². The van der Waals surface area contributed by atoms with Crippen LogP contribution in [0.4, 0.5) is 5.69 Å². The molecule has 3 rings (SSSR count). The fraction of sp³-hybridized carbons (Fsp3) is 0.440. The summed E-state index contributed by atoms with van der Waals surface area (Å²) >= 11 is 12.4. The van der Waals surface area contributed by atoms with Gasteiger partial charge in [-0.2, -0.15) is 0 Å². The third kappa shape index (κ3) is 7.43. The number of hydrogen-bond acceptors (Lipinski definition) is 6. The highest BCUT2D eigenvalue weighted by Gasteiger charge is 2.32. The van der Waals surface area contributed by atoms with E-state index in [1.807, 2.05) is 13.8 Å². The predicted molar refractivity (Wildman–Crippen MR) is 144 cm³/mol. The number of rotatable bonds is 11. The van der Waals surface area contributed by atoms with E-state index >= 15 is 0 Å². The first-order valence-corrected chi connectivity index (χ1v) is 14.4. The van der Waals surface area contributed by atoms with E-state index in [1.165, 1.54) is 17.0 Å². The van der Waals surface area contributed by atoms with Gasteiger partial charge in [0.15, 0.2) is 11.5 Å². The van der Waals surface area contributed by atoms with Crippen LogP contribution in [-0.4, -0.2) is 57.3 Å².